The Balaban J connectivity index is 2.82. The SMILES string of the molecule is O=C(O)[C@@H](O)Cc1ccc(O)cc1Cl. The predicted octanol–water partition coefficient (Wildman–Crippen LogP) is 1.03. The molecule has 1 aromatic rings. The molecule has 0 aromatic heterocycles. The van der Waals surface area contributed by atoms with Crippen molar-refractivity contribution in [1.29, 1.82) is 0 Å². The highest BCUT2D eigenvalue weighted by Crippen LogP contribution is 2.22. The number of phenolic OH excluding ortho intramolecular Hbond substituents is 1. The molecule has 0 aliphatic rings. The molecule has 1 atom stereocenters. The molecule has 4 nitrogen and oxygen atoms in total. The van der Waals surface area contributed by atoms with Crippen molar-refractivity contribution in [3.05, 3.63) is 28.8 Å². The molecule has 0 aliphatic heterocycles. The van der Waals surface area contributed by atoms with Crippen molar-refractivity contribution in [2.75, 3.05) is 0 Å². The zero-order valence-corrected chi connectivity index (χ0v) is 7.90. The summed E-state index contributed by atoms with van der Waals surface area (Å²) in [5.41, 5.74) is 0.486. The molecule has 5 heteroatoms. The first-order chi connectivity index (χ1) is 6.50. The molecule has 0 amide bonds. The highest BCUT2D eigenvalue weighted by Gasteiger charge is 2.15. The first kappa shape index (κ1) is 10.8. The van der Waals surface area contributed by atoms with Gasteiger partial charge < -0.3 is 15.3 Å². The number of phenols is 1. The summed E-state index contributed by atoms with van der Waals surface area (Å²) < 4.78 is 0. The lowest BCUT2D eigenvalue weighted by molar-refractivity contribution is -0.146. The Morgan fingerprint density at radius 3 is 2.64 bits per heavy atom. The predicted molar refractivity (Wildman–Crippen MR) is 50.5 cm³/mol. The van der Waals surface area contributed by atoms with Crippen LogP contribution in [0.15, 0.2) is 18.2 Å². The number of carbonyl (C=O) groups is 1. The second-order valence-electron chi connectivity index (χ2n) is 2.83. The largest absolute Gasteiger partial charge is 0.508 e. The fourth-order valence-corrected chi connectivity index (χ4v) is 1.25. The number of carboxylic acids is 1. The summed E-state index contributed by atoms with van der Waals surface area (Å²) in [6.45, 7) is 0. The van der Waals surface area contributed by atoms with Crippen LogP contribution < -0.4 is 0 Å². The maximum Gasteiger partial charge on any atom is 0.332 e. The van der Waals surface area contributed by atoms with Gasteiger partial charge in [0, 0.05) is 11.4 Å². The van der Waals surface area contributed by atoms with E-state index >= 15 is 0 Å². The number of aliphatic carboxylic acids is 1. The lowest BCUT2D eigenvalue weighted by Crippen LogP contribution is -2.22. The van der Waals surface area contributed by atoms with Crippen LogP contribution in [0.2, 0.25) is 5.02 Å². The van der Waals surface area contributed by atoms with Crippen LogP contribution in [-0.2, 0) is 11.2 Å². The van der Waals surface area contributed by atoms with Crippen LogP contribution in [0.5, 0.6) is 5.75 Å². The minimum Gasteiger partial charge on any atom is -0.508 e. The Morgan fingerprint density at radius 1 is 1.50 bits per heavy atom. The normalized spacial score (nSPS) is 12.4. The molecule has 0 saturated heterocycles. The van der Waals surface area contributed by atoms with E-state index in [0.29, 0.717) is 5.56 Å². The average molecular weight is 217 g/mol. The average Bonchev–Trinajstić information content (AvgIpc) is 2.09. The van der Waals surface area contributed by atoms with Gasteiger partial charge in [0.1, 0.15) is 5.75 Å². The van der Waals surface area contributed by atoms with Gasteiger partial charge in [-0.2, -0.15) is 0 Å². The summed E-state index contributed by atoms with van der Waals surface area (Å²) in [7, 11) is 0. The Labute approximate surface area is 85.4 Å². The number of aliphatic hydroxyl groups is 1. The number of aromatic hydroxyl groups is 1. The number of hydrogen-bond donors (Lipinski definition) is 3. The van der Waals surface area contributed by atoms with Crippen molar-refractivity contribution in [3.8, 4) is 5.75 Å². The molecule has 0 heterocycles. The van der Waals surface area contributed by atoms with E-state index in [1.54, 1.807) is 0 Å². The molecule has 0 fully saturated rings. The van der Waals surface area contributed by atoms with Crippen LogP contribution in [0, 0.1) is 0 Å². The van der Waals surface area contributed by atoms with Crippen molar-refractivity contribution < 1.29 is 20.1 Å². The molecule has 0 aliphatic carbocycles. The van der Waals surface area contributed by atoms with Crippen molar-refractivity contribution in [2.45, 2.75) is 12.5 Å². The molecule has 0 saturated carbocycles. The van der Waals surface area contributed by atoms with E-state index < -0.39 is 12.1 Å². The van der Waals surface area contributed by atoms with Gasteiger partial charge in [-0.1, -0.05) is 17.7 Å². The molecule has 0 bridgehead atoms. The van der Waals surface area contributed by atoms with Gasteiger partial charge in [0.25, 0.3) is 0 Å². The standard InChI is InChI=1S/C9H9ClO4/c10-7-4-6(11)2-1-5(7)3-8(12)9(13)14/h1-2,4,8,11-12H,3H2,(H,13,14)/t8-/m0/s1. The van der Waals surface area contributed by atoms with Gasteiger partial charge in [-0.15, -0.1) is 0 Å². The fourth-order valence-electron chi connectivity index (χ4n) is 0.997. The van der Waals surface area contributed by atoms with Crippen LogP contribution in [-0.4, -0.2) is 27.4 Å². The van der Waals surface area contributed by atoms with Gasteiger partial charge >= 0.3 is 5.97 Å². The smallest absolute Gasteiger partial charge is 0.332 e. The molecule has 76 valence electrons. The molecule has 3 N–H and O–H groups in total. The number of rotatable bonds is 3. The van der Waals surface area contributed by atoms with Gasteiger partial charge in [0.05, 0.1) is 0 Å². The van der Waals surface area contributed by atoms with E-state index in [-0.39, 0.29) is 17.2 Å². The van der Waals surface area contributed by atoms with Crippen LogP contribution in [0.4, 0.5) is 0 Å². The summed E-state index contributed by atoms with van der Waals surface area (Å²) in [5.74, 6) is -1.29. The number of hydrogen-bond acceptors (Lipinski definition) is 3. The molecule has 1 rings (SSSR count). The van der Waals surface area contributed by atoms with Gasteiger partial charge in [-0.3, -0.25) is 0 Å². The van der Waals surface area contributed by atoms with Crippen molar-refractivity contribution >= 4 is 17.6 Å². The van der Waals surface area contributed by atoms with Crippen LogP contribution in [0.25, 0.3) is 0 Å². The zero-order valence-electron chi connectivity index (χ0n) is 7.14. The monoisotopic (exact) mass is 216 g/mol. The fraction of sp³-hybridized carbons (Fsp3) is 0.222. The topological polar surface area (TPSA) is 77.8 Å². The zero-order chi connectivity index (χ0) is 10.7. The number of benzene rings is 1. The third-order valence-corrected chi connectivity index (χ3v) is 2.09. The summed E-state index contributed by atoms with van der Waals surface area (Å²) in [4.78, 5) is 10.3. The van der Waals surface area contributed by atoms with E-state index in [4.69, 9.17) is 26.9 Å². The maximum absolute atomic E-state index is 10.3. The second-order valence-corrected chi connectivity index (χ2v) is 3.24. The quantitative estimate of drug-likeness (QED) is 0.705. The first-order valence-electron chi connectivity index (χ1n) is 3.89. The summed E-state index contributed by atoms with van der Waals surface area (Å²) >= 11 is 5.71. The molecule has 14 heavy (non-hydrogen) atoms. The Bertz CT molecular complexity index is 351. The highest BCUT2D eigenvalue weighted by atomic mass is 35.5. The van der Waals surface area contributed by atoms with E-state index in [0.717, 1.165) is 0 Å². The first-order valence-corrected chi connectivity index (χ1v) is 4.26. The van der Waals surface area contributed by atoms with Gasteiger partial charge in [-0.25, -0.2) is 4.79 Å². The summed E-state index contributed by atoms with van der Waals surface area (Å²) in [6.07, 6.45) is -1.55. The van der Waals surface area contributed by atoms with Gasteiger partial charge in [0.2, 0.25) is 0 Å². The van der Waals surface area contributed by atoms with E-state index in [2.05, 4.69) is 0 Å². The summed E-state index contributed by atoms with van der Waals surface area (Å²) in [5, 5.41) is 26.8. The molecule has 0 radical (unpaired) electrons. The Kier molecular flexibility index (Phi) is 3.33. The third kappa shape index (κ3) is 2.61. The molecular formula is C9H9ClO4. The number of carboxylic acid groups (broad SMARTS) is 1. The second kappa shape index (κ2) is 4.30. The third-order valence-electron chi connectivity index (χ3n) is 1.73. The maximum atomic E-state index is 10.3. The van der Waals surface area contributed by atoms with Crippen LogP contribution in [0.3, 0.4) is 0 Å². The van der Waals surface area contributed by atoms with E-state index in [1.165, 1.54) is 18.2 Å². The molecule has 0 unspecified atom stereocenters. The molecule has 1 aromatic carbocycles. The Hall–Kier alpha value is -1.26. The van der Waals surface area contributed by atoms with Crippen LogP contribution in [0.1, 0.15) is 5.56 Å². The minimum atomic E-state index is -1.47. The minimum absolute atomic E-state index is 0.00330. The highest BCUT2D eigenvalue weighted by molar-refractivity contribution is 6.31. The van der Waals surface area contributed by atoms with E-state index in [1.807, 2.05) is 0 Å². The Morgan fingerprint density at radius 2 is 2.14 bits per heavy atom. The number of aliphatic hydroxyl groups excluding tert-OH is 1. The number of halogens is 1. The van der Waals surface area contributed by atoms with Crippen molar-refractivity contribution in [1.82, 2.24) is 0 Å². The lowest BCUT2D eigenvalue weighted by atomic mass is 10.1. The van der Waals surface area contributed by atoms with E-state index in [9.17, 15) is 4.79 Å². The molecule has 0 spiro atoms. The van der Waals surface area contributed by atoms with Gasteiger partial charge in [-0.05, 0) is 17.7 Å². The van der Waals surface area contributed by atoms with Gasteiger partial charge in [0.15, 0.2) is 6.10 Å². The van der Waals surface area contributed by atoms with Crippen molar-refractivity contribution in [2.24, 2.45) is 0 Å². The van der Waals surface area contributed by atoms with Crippen molar-refractivity contribution in [3.63, 3.8) is 0 Å². The summed E-state index contributed by atoms with van der Waals surface area (Å²) in [6, 6.07) is 4.16. The lowest BCUT2D eigenvalue weighted by Gasteiger charge is -2.07. The molecular weight excluding hydrogens is 208 g/mol. The van der Waals surface area contributed by atoms with Crippen LogP contribution >= 0.6 is 11.6 Å².